The molecule has 3 nitrogen and oxygen atoms in total. The summed E-state index contributed by atoms with van der Waals surface area (Å²) in [6.45, 7) is 10.5. The maximum Gasteiger partial charge on any atom is 0.00884 e. The molecule has 0 aliphatic carbocycles. The van der Waals surface area contributed by atoms with Gasteiger partial charge in [0.15, 0.2) is 0 Å². The van der Waals surface area contributed by atoms with E-state index in [1.807, 2.05) is 13.8 Å². The predicted molar refractivity (Wildman–Crippen MR) is 75.5 cm³/mol. The van der Waals surface area contributed by atoms with Crippen molar-refractivity contribution in [1.82, 2.24) is 15.1 Å². The molecule has 0 saturated carbocycles. The van der Waals surface area contributed by atoms with E-state index in [4.69, 9.17) is 0 Å². The lowest BCUT2D eigenvalue weighted by atomic mass is 10.0. The number of likely N-dealkylation sites (tertiary alicyclic amines) is 2. The fourth-order valence-electron chi connectivity index (χ4n) is 2.94. The zero-order chi connectivity index (χ0) is 12.7. The Morgan fingerprint density at radius 2 is 1.71 bits per heavy atom. The van der Waals surface area contributed by atoms with Crippen LogP contribution < -0.4 is 5.32 Å². The molecule has 3 heteroatoms. The summed E-state index contributed by atoms with van der Waals surface area (Å²) in [7, 11) is 4.33. The molecule has 2 heterocycles. The molecule has 0 aromatic heterocycles. The van der Waals surface area contributed by atoms with Gasteiger partial charge in [-0.3, -0.25) is 0 Å². The Hall–Kier alpha value is -0.120. The third-order valence-corrected chi connectivity index (χ3v) is 4.00. The van der Waals surface area contributed by atoms with Crippen LogP contribution in [-0.4, -0.2) is 62.7 Å². The zero-order valence-electron chi connectivity index (χ0n) is 12.2. The van der Waals surface area contributed by atoms with Gasteiger partial charge in [0, 0.05) is 19.1 Å². The van der Waals surface area contributed by atoms with E-state index < -0.39 is 0 Å². The third kappa shape index (κ3) is 4.94. The summed E-state index contributed by atoms with van der Waals surface area (Å²) in [6.07, 6.45) is 4.07. The Morgan fingerprint density at radius 1 is 1.06 bits per heavy atom. The summed E-state index contributed by atoms with van der Waals surface area (Å²) < 4.78 is 0. The lowest BCUT2D eigenvalue weighted by Crippen LogP contribution is -2.43. The van der Waals surface area contributed by atoms with Crippen LogP contribution in [0.1, 0.15) is 33.1 Å². The van der Waals surface area contributed by atoms with Gasteiger partial charge in [-0.25, -0.2) is 0 Å². The van der Waals surface area contributed by atoms with Crippen LogP contribution in [0.15, 0.2) is 0 Å². The first kappa shape index (κ1) is 14.9. The molecule has 0 bridgehead atoms. The van der Waals surface area contributed by atoms with E-state index in [-0.39, 0.29) is 0 Å². The molecule has 0 amide bonds. The fourth-order valence-corrected chi connectivity index (χ4v) is 2.94. The molecule has 1 atom stereocenters. The predicted octanol–water partition coefficient (Wildman–Crippen LogP) is 1.65. The van der Waals surface area contributed by atoms with Gasteiger partial charge in [-0.1, -0.05) is 13.8 Å². The summed E-state index contributed by atoms with van der Waals surface area (Å²) in [5, 5.41) is 3.39. The van der Waals surface area contributed by atoms with Crippen LogP contribution in [-0.2, 0) is 0 Å². The van der Waals surface area contributed by atoms with Crippen molar-refractivity contribution < 1.29 is 0 Å². The van der Waals surface area contributed by atoms with Gasteiger partial charge in [-0.05, 0) is 58.9 Å². The minimum atomic E-state index is 0.771. The van der Waals surface area contributed by atoms with Crippen LogP contribution in [0.3, 0.4) is 0 Å². The first-order chi connectivity index (χ1) is 8.28. The van der Waals surface area contributed by atoms with Crippen molar-refractivity contribution >= 4 is 0 Å². The highest BCUT2D eigenvalue weighted by Crippen LogP contribution is 2.18. The summed E-state index contributed by atoms with van der Waals surface area (Å²) in [5.41, 5.74) is 0. The van der Waals surface area contributed by atoms with Crippen LogP contribution in [0.2, 0.25) is 0 Å². The highest BCUT2D eigenvalue weighted by atomic mass is 15.2. The van der Waals surface area contributed by atoms with Crippen molar-refractivity contribution in [2.45, 2.75) is 39.2 Å². The smallest absolute Gasteiger partial charge is 0.00884 e. The molecule has 0 radical (unpaired) electrons. The second-order valence-corrected chi connectivity index (χ2v) is 5.28. The summed E-state index contributed by atoms with van der Waals surface area (Å²) in [5.74, 6) is 0.932. The van der Waals surface area contributed by atoms with Crippen LogP contribution in [0, 0.1) is 5.92 Å². The SMILES string of the molecule is CC.CNC1CCN(CC2CCN(C)C2)CC1. The minimum absolute atomic E-state index is 0.771. The minimum Gasteiger partial charge on any atom is -0.317 e. The van der Waals surface area contributed by atoms with Crippen molar-refractivity contribution in [2.75, 3.05) is 46.8 Å². The standard InChI is InChI=1S/C12H25N3.C2H6/c1-13-12-4-7-15(8-5-12)10-11-3-6-14(2)9-11;1-2/h11-13H,3-10H2,1-2H3;1-2H3. The number of piperidine rings is 1. The first-order valence-corrected chi connectivity index (χ1v) is 7.36. The van der Waals surface area contributed by atoms with Crippen molar-refractivity contribution in [1.29, 1.82) is 0 Å². The number of nitrogens with one attached hydrogen (secondary N) is 1. The van der Waals surface area contributed by atoms with Gasteiger partial charge in [0.1, 0.15) is 0 Å². The maximum absolute atomic E-state index is 3.39. The van der Waals surface area contributed by atoms with E-state index in [1.54, 1.807) is 0 Å². The van der Waals surface area contributed by atoms with Crippen molar-refractivity contribution in [2.24, 2.45) is 5.92 Å². The van der Waals surface area contributed by atoms with E-state index in [0.29, 0.717) is 0 Å². The molecule has 0 aromatic rings. The van der Waals surface area contributed by atoms with Gasteiger partial charge in [-0.2, -0.15) is 0 Å². The molecule has 17 heavy (non-hydrogen) atoms. The van der Waals surface area contributed by atoms with E-state index in [9.17, 15) is 0 Å². The quantitative estimate of drug-likeness (QED) is 0.810. The number of hydrogen-bond acceptors (Lipinski definition) is 3. The zero-order valence-corrected chi connectivity index (χ0v) is 12.2. The van der Waals surface area contributed by atoms with Gasteiger partial charge in [-0.15, -0.1) is 0 Å². The number of nitrogens with zero attached hydrogens (tertiary/aromatic N) is 2. The second-order valence-electron chi connectivity index (χ2n) is 5.28. The Bertz CT molecular complexity index is 188. The Kier molecular flexibility index (Phi) is 7.09. The van der Waals surface area contributed by atoms with Gasteiger partial charge < -0.3 is 15.1 Å². The highest BCUT2D eigenvalue weighted by Gasteiger charge is 2.24. The largest absolute Gasteiger partial charge is 0.317 e. The average Bonchev–Trinajstić information content (AvgIpc) is 2.78. The van der Waals surface area contributed by atoms with Crippen molar-refractivity contribution in [3.8, 4) is 0 Å². The fraction of sp³-hybridized carbons (Fsp3) is 1.00. The van der Waals surface area contributed by atoms with Crippen LogP contribution >= 0.6 is 0 Å². The maximum atomic E-state index is 3.39. The Labute approximate surface area is 108 Å². The molecule has 102 valence electrons. The Balaban J connectivity index is 0.000000686. The molecular formula is C14H31N3. The van der Waals surface area contributed by atoms with Gasteiger partial charge in [0.05, 0.1) is 0 Å². The van der Waals surface area contributed by atoms with Gasteiger partial charge in [0.25, 0.3) is 0 Å². The molecule has 1 N–H and O–H groups in total. The topological polar surface area (TPSA) is 18.5 Å². The summed E-state index contributed by atoms with van der Waals surface area (Å²) in [6, 6.07) is 0.771. The molecule has 0 spiro atoms. The van der Waals surface area contributed by atoms with Crippen LogP contribution in [0.25, 0.3) is 0 Å². The lowest BCUT2D eigenvalue weighted by molar-refractivity contribution is 0.175. The van der Waals surface area contributed by atoms with E-state index >= 15 is 0 Å². The molecule has 2 aliphatic heterocycles. The molecule has 2 rings (SSSR count). The molecule has 2 aliphatic rings. The molecule has 2 saturated heterocycles. The van der Waals surface area contributed by atoms with Crippen molar-refractivity contribution in [3.63, 3.8) is 0 Å². The van der Waals surface area contributed by atoms with Crippen LogP contribution in [0.4, 0.5) is 0 Å². The summed E-state index contributed by atoms with van der Waals surface area (Å²) >= 11 is 0. The van der Waals surface area contributed by atoms with E-state index in [2.05, 4.69) is 29.2 Å². The molecule has 1 unspecified atom stereocenters. The lowest BCUT2D eigenvalue weighted by Gasteiger charge is -2.33. The summed E-state index contributed by atoms with van der Waals surface area (Å²) in [4.78, 5) is 5.13. The highest BCUT2D eigenvalue weighted by molar-refractivity contribution is 4.80. The monoisotopic (exact) mass is 241 g/mol. The number of rotatable bonds is 3. The molecule has 0 aromatic carbocycles. The second kappa shape index (κ2) is 8.06. The Morgan fingerprint density at radius 3 is 2.18 bits per heavy atom. The third-order valence-electron chi connectivity index (χ3n) is 4.00. The van der Waals surface area contributed by atoms with E-state index in [0.717, 1.165) is 12.0 Å². The van der Waals surface area contributed by atoms with Gasteiger partial charge in [0.2, 0.25) is 0 Å². The normalized spacial score (nSPS) is 27.9. The molecule has 2 fully saturated rings. The average molecular weight is 241 g/mol. The van der Waals surface area contributed by atoms with Gasteiger partial charge >= 0.3 is 0 Å². The van der Waals surface area contributed by atoms with E-state index in [1.165, 1.54) is 52.0 Å². The molecular weight excluding hydrogens is 210 g/mol. The van der Waals surface area contributed by atoms with Crippen LogP contribution in [0.5, 0.6) is 0 Å². The number of hydrogen-bond donors (Lipinski definition) is 1. The first-order valence-electron chi connectivity index (χ1n) is 7.36. The van der Waals surface area contributed by atoms with Crippen molar-refractivity contribution in [3.05, 3.63) is 0 Å².